The number of nitrogens with one attached hydrogen (secondary N) is 2. The van der Waals surface area contributed by atoms with Gasteiger partial charge in [-0.3, -0.25) is 4.79 Å². The summed E-state index contributed by atoms with van der Waals surface area (Å²) in [4.78, 5) is 23.5. The van der Waals surface area contributed by atoms with Gasteiger partial charge in [-0.2, -0.15) is 0 Å². The second kappa shape index (κ2) is 9.87. The Morgan fingerprint density at radius 3 is 2.81 bits per heavy atom. The molecule has 2 heterocycles. The SMILES string of the molecule is CCCCCNc1nccc(C(=O)Nc2ccccc2N2CCOCC2)n1. The number of ether oxygens (including phenoxy) is 1. The zero-order valence-electron chi connectivity index (χ0n) is 15.8. The van der Waals surface area contributed by atoms with E-state index >= 15 is 0 Å². The highest BCUT2D eigenvalue weighted by Gasteiger charge is 2.17. The van der Waals surface area contributed by atoms with Crippen LogP contribution in [0.3, 0.4) is 0 Å². The van der Waals surface area contributed by atoms with Crippen LogP contribution >= 0.6 is 0 Å². The molecule has 27 heavy (non-hydrogen) atoms. The average Bonchev–Trinajstić information content (AvgIpc) is 2.72. The molecule has 0 unspecified atom stereocenters. The average molecular weight is 369 g/mol. The van der Waals surface area contributed by atoms with Gasteiger partial charge in [-0.05, 0) is 24.6 Å². The van der Waals surface area contributed by atoms with Gasteiger partial charge < -0.3 is 20.3 Å². The van der Waals surface area contributed by atoms with E-state index in [0.717, 1.165) is 50.3 Å². The van der Waals surface area contributed by atoms with Gasteiger partial charge in [0.1, 0.15) is 5.69 Å². The minimum absolute atomic E-state index is 0.241. The van der Waals surface area contributed by atoms with E-state index in [2.05, 4.69) is 32.4 Å². The van der Waals surface area contributed by atoms with E-state index in [9.17, 15) is 4.79 Å². The summed E-state index contributed by atoms with van der Waals surface area (Å²) in [6, 6.07) is 9.45. The standard InChI is InChI=1S/C20H27N5O2/c1-2-3-6-10-21-20-22-11-9-17(24-20)19(26)23-16-7-4-5-8-18(16)25-12-14-27-15-13-25/h4-5,7-9,11H,2-3,6,10,12-15H2,1H3,(H,23,26)(H,21,22,24). The van der Waals surface area contributed by atoms with Gasteiger partial charge in [0.25, 0.3) is 5.91 Å². The van der Waals surface area contributed by atoms with E-state index in [1.54, 1.807) is 12.3 Å². The van der Waals surface area contributed by atoms with Crippen molar-refractivity contribution in [3.8, 4) is 0 Å². The largest absolute Gasteiger partial charge is 0.378 e. The van der Waals surface area contributed by atoms with Crippen LogP contribution in [0.2, 0.25) is 0 Å². The number of anilines is 3. The number of carbonyl (C=O) groups excluding carboxylic acids is 1. The number of benzene rings is 1. The summed E-state index contributed by atoms with van der Waals surface area (Å²) in [6.07, 6.45) is 4.99. The van der Waals surface area contributed by atoms with Gasteiger partial charge in [-0.25, -0.2) is 9.97 Å². The smallest absolute Gasteiger partial charge is 0.274 e. The number of rotatable bonds is 8. The lowest BCUT2D eigenvalue weighted by molar-refractivity contribution is 0.102. The summed E-state index contributed by atoms with van der Waals surface area (Å²) in [5, 5.41) is 6.17. The first-order valence-corrected chi connectivity index (χ1v) is 9.58. The fourth-order valence-electron chi connectivity index (χ4n) is 2.99. The van der Waals surface area contributed by atoms with Crippen LogP contribution in [0.25, 0.3) is 0 Å². The number of unbranched alkanes of at least 4 members (excludes halogenated alkanes) is 2. The molecule has 1 aliphatic heterocycles. The quantitative estimate of drug-likeness (QED) is 0.696. The van der Waals surface area contributed by atoms with Crippen molar-refractivity contribution in [1.82, 2.24) is 9.97 Å². The summed E-state index contributed by atoms with van der Waals surface area (Å²) >= 11 is 0. The molecule has 1 aromatic carbocycles. The predicted molar refractivity (Wildman–Crippen MR) is 107 cm³/mol. The zero-order chi connectivity index (χ0) is 18.9. The number of amides is 1. The first-order valence-electron chi connectivity index (χ1n) is 9.58. The number of nitrogens with zero attached hydrogens (tertiary/aromatic N) is 3. The summed E-state index contributed by atoms with van der Waals surface area (Å²) in [6.45, 7) is 5.98. The van der Waals surface area contributed by atoms with Crippen LogP contribution in [0.5, 0.6) is 0 Å². The molecule has 1 fully saturated rings. The maximum atomic E-state index is 12.7. The van der Waals surface area contributed by atoms with Crippen molar-refractivity contribution in [2.75, 3.05) is 48.4 Å². The topological polar surface area (TPSA) is 79.4 Å². The molecule has 0 bridgehead atoms. The third kappa shape index (κ3) is 5.40. The molecule has 1 aromatic heterocycles. The van der Waals surface area contributed by atoms with E-state index < -0.39 is 0 Å². The molecular formula is C20H27N5O2. The van der Waals surface area contributed by atoms with Crippen molar-refractivity contribution < 1.29 is 9.53 Å². The Morgan fingerprint density at radius 1 is 1.19 bits per heavy atom. The van der Waals surface area contributed by atoms with Gasteiger partial charge in [0.05, 0.1) is 24.6 Å². The molecule has 2 aromatic rings. The van der Waals surface area contributed by atoms with Crippen LogP contribution in [0.1, 0.15) is 36.7 Å². The number of carbonyl (C=O) groups is 1. The van der Waals surface area contributed by atoms with Crippen molar-refractivity contribution in [3.63, 3.8) is 0 Å². The fraction of sp³-hybridized carbons (Fsp3) is 0.450. The molecule has 1 aliphatic rings. The Morgan fingerprint density at radius 2 is 2.00 bits per heavy atom. The van der Waals surface area contributed by atoms with Crippen LogP contribution in [0.4, 0.5) is 17.3 Å². The molecule has 7 nitrogen and oxygen atoms in total. The van der Waals surface area contributed by atoms with Gasteiger partial charge in [-0.15, -0.1) is 0 Å². The second-order valence-electron chi connectivity index (χ2n) is 6.47. The van der Waals surface area contributed by atoms with Crippen molar-refractivity contribution in [3.05, 3.63) is 42.2 Å². The Labute approximate surface area is 160 Å². The van der Waals surface area contributed by atoms with E-state index in [1.807, 2.05) is 24.3 Å². The highest BCUT2D eigenvalue weighted by molar-refractivity contribution is 6.04. The number of aromatic nitrogens is 2. The molecule has 1 saturated heterocycles. The van der Waals surface area contributed by atoms with Gasteiger partial charge in [0, 0.05) is 25.8 Å². The predicted octanol–water partition coefficient (Wildman–Crippen LogP) is 3.17. The van der Waals surface area contributed by atoms with Crippen LogP contribution in [0, 0.1) is 0 Å². The monoisotopic (exact) mass is 369 g/mol. The van der Waals surface area contributed by atoms with E-state index in [-0.39, 0.29) is 5.91 Å². The normalized spacial score (nSPS) is 14.0. The molecule has 1 amide bonds. The highest BCUT2D eigenvalue weighted by Crippen LogP contribution is 2.26. The molecular weight excluding hydrogens is 342 g/mol. The molecule has 7 heteroatoms. The Kier molecular flexibility index (Phi) is 6.98. The number of para-hydroxylation sites is 2. The first-order chi connectivity index (χ1) is 13.3. The number of morpholine rings is 1. The van der Waals surface area contributed by atoms with Gasteiger partial charge in [0.15, 0.2) is 0 Å². The minimum atomic E-state index is -0.241. The third-order valence-electron chi connectivity index (χ3n) is 4.46. The number of hydrogen-bond donors (Lipinski definition) is 2. The fourth-order valence-corrected chi connectivity index (χ4v) is 2.99. The summed E-state index contributed by atoms with van der Waals surface area (Å²) in [7, 11) is 0. The van der Waals surface area contributed by atoms with Crippen LogP contribution < -0.4 is 15.5 Å². The Bertz CT molecular complexity index is 747. The number of hydrogen-bond acceptors (Lipinski definition) is 6. The second-order valence-corrected chi connectivity index (χ2v) is 6.47. The van der Waals surface area contributed by atoms with Crippen LogP contribution in [0.15, 0.2) is 36.5 Å². The van der Waals surface area contributed by atoms with E-state index in [1.165, 1.54) is 0 Å². The van der Waals surface area contributed by atoms with Crippen molar-refractivity contribution >= 4 is 23.2 Å². The molecule has 0 radical (unpaired) electrons. The zero-order valence-corrected chi connectivity index (χ0v) is 15.8. The van der Waals surface area contributed by atoms with Crippen LogP contribution in [-0.4, -0.2) is 48.7 Å². The Balaban J connectivity index is 1.67. The maximum Gasteiger partial charge on any atom is 0.274 e. The molecule has 0 saturated carbocycles. The lowest BCUT2D eigenvalue weighted by Crippen LogP contribution is -2.36. The molecule has 0 atom stereocenters. The highest BCUT2D eigenvalue weighted by atomic mass is 16.5. The van der Waals surface area contributed by atoms with Crippen molar-refractivity contribution in [2.45, 2.75) is 26.2 Å². The van der Waals surface area contributed by atoms with Crippen molar-refractivity contribution in [2.24, 2.45) is 0 Å². The minimum Gasteiger partial charge on any atom is -0.378 e. The molecule has 2 N–H and O–H groups in total. The summed E-state index contributed by atoms with van der Waals surface area (Å²) < 4.78 is 5.42. The van der Waals surface area contributed by atoms with Gasteiger partial charge in [0.2, 0.25) is 5.95 Å². The first kappa shape index (κ1) is 19.1. The van der Waals surface area contributed by atoms with E-state index in [0.29, 0.717) is 24.9 Å². The molecule has 3 rings (SSSR count). The van der Waals surface area contributed by atoms with Crippen molar-refractivity contribution in [1.29, 1.82) is 0 Å². The maximum absolute atomic E-state index is 12.7. The molecule has 0 aliphatic carbocycles. The van der Waals surface area contributed by atoms with Crippen LogP contribution in [-0.2, 0) is 4.74 Å². The Hall–Kier alpha value is -2.67. The summed E-state index contributed by atoms with van der Waals surface area (Å²) in [5.74, 6) is 0.245. The van der Waals surface area contributed by atoms with Gasteiger partial charge >= 0.3 is 0 Å². The lowest BCUT2D eigenvalue weighted by Gasteiger charge is -2.30. The molecule has 144 valence electrons. The summed E-state index contributed by atoms with van der Waals surface area (Å²) in [5.41, 5.74) is 2.13. The lowest BCUT2D eigenvalue weighted by atomic mass is 10.2. The van der Waals surface area contributed by atoms with E-state index in [4.69, 9.17) is 4.74 Å². The third-order valence-corrected chi connectivity index (χ3v) is 4.46. The molecule has 0 spiro atoms. The van der Waals surface area contributed by atoms with Gasteiger partial charge in [-0.1, -0.05) is 31.9 Å².